The van der Waals surface area contributed by atoms with Crippen LogP contribution in [-0.4, -0.2) is 84.4 Å². The van der Waals surface area contributed by atoms with Crippen LogP contribution < -0.4 is 44.8 Å². The third-order valence-corrected chi connectivity index (χ3v) is 12.7. The molecule has 0 fully saturated rings. The number of fused-ring (bicyclic) bond motifs is 4. The number of ether oxygens (including phenoxy) is 1. The standard InChI is InChI=1S/C42H52N2O13S2.Na/c1-4-6-8-10-22-43(23-11-9-7-5-2)28-15-17-30-34(26-28)56-41(49)37-38(47)31(40(48)57-39(30)37)18-20-35-42(3,21-12-14-36(45)46)32-27-29(59(53,54)55)16-19-33(32)44(35)24-13-25-58(50,51)52;/h15-20,26-27,31H,4-14,21-25H2,1-3H3,(H2-,45,46,50,51,52,53,54,55);/q;+1/p-1/b20-18+;. The van der Waals surface area contributed by atoms with Crippen LogP contribution in [-0.2, 0) is 35.2 Å². The minimum absolute atomic E-state index is 0. The van der Waals surface area contributed by atoms with E-state index in [9.17, 15) is 50.2 Å². The van der Waals surface area contributed by atoms with Crippen molar-refractivity contribution in [2.45, 2.75) is 108 Å². The first-order valence-corrected chi connectivity index (χ1v) is 23.1. The van der Waals surface area contributed by atoms with E-state index in [-0.39, 0.29) is 78.5 Å². The number of ketones is 1. The first kappa shape index (κ1) is 49.0. The Morgan fingerprint density at radius 3 is 2.18 bits per heavy atom. The van der Waals surface area contributed by atoms with Crippen molar-refractivity contribution >= 4 is 66.0 Å². The molecule has 18 heteroatoms. The Kier molecular flexibility index (Phi) is 17.1. The molecule has 2 atom stereocenters. The summed E-state index contributed by atoms with van der Waals surface area (Å²) in [6, 6.07) is 8.82. The maximum absolute atomic E-state index is 14.0. The molecule has 3 heterocycles. The van der Waals surface area contributed by atoms with Crippen LogP contribution in [0.1, 0.15) is 114 Å². The molecule has 1 N–H and O–H groups in total. The van der Waals surface area contributed by atoms with Gasteiger partial charge in [-0.2, -0.15) is 4.58 Å². The Balaban J connectivity index is 0.00000794. The number of anilines is 1. The number of carbonyl (C=O) groups excluding carboxylic acids is 2. The summed E-state index contributed by atoms with van der Waals surface area (Å²) in [7, 11) is -9.59. The van der Waals surface area contributed by atoms with E-state index in [4.69, 9.17) is 9.15 Å². The van der Waals surface area contributed by atoms with Gasteiger partial charge in [0, 0.05) is 61.1 Å². The Morgan fingerprint density at radius 2 is 1.58 bits per heavy atom. The monoisotopic (exact) mass is 878 g/mol. The summed E-state index contributed by atoms with van der Waals surface area (Å²) < 4.78 is 83.8. The van der Waals surface area contributed by atoms with Gasteiger partial charge < -0.3 is 28.3 Å². The number of Topliss-reactive ketones (excluding diaryl/α,β-unsaturated/α-hetero) is 1. The molecule has 1 aromatic heterocycles. The number of hydrogen-bond acceptors (Lipinski definition) is 13. The van der Waals surface area contributed by atoms with Crippen LogP contribution in [0.3, 0.4) is 0 Å². The molecule has 2 unspecified atom stereocenters. The van der Waals surface area contributed by atoms with Gasteiger partial charge in [-0.3, -0.25) is 14.4 Å². The SMILES string of the molecule is CCCCCCN(CCCCCC)c1ccc2c3c(c(=O)oc2c1)C(=O)C(/C=C/C1=[N+](CCCS(=O)(=O)[O-])c2ccc(S(=O)(=O)[O-])cc2C1(C)CCCC(=O)O)C(=O)O3.[Na+]. The quantitative estimate of drug-likeness (QED) is 0.0291. The molecule has 2 aliphatic rings. The summed E-state index contributed by atoms with van der Waals surface area (Å²) in [5.41, 5.74) is -0.787. The van der Waals surface area contributed by atoms with Gasteiger partial charge in [-0.1, -0.05) is 58.4 Å². The van der Waals surface area contributed by atoms with Crippen molar-refractivity contribution in [1.29, 1.82) is 0 Å². The van der Waals surface area contributed by atoms with Gasteiger partial charge in [0.2, 0.25) is 5.69 Å². The maximum atomic E-state index is 14.0. The van der Waals surface area contributed by atoms with Gasteiger partial charge in [-0.25, -0.2) is 21.6 Å². The summed E-state index contributed by atoms with van der Waals surface area (Å²) in [6.45, 7) is 7.47. The predicted octanol–water partition coefficient (Wildman–Crippen LogP) is 3.19. The number of rotatable bonds is 22. The molecule has 320 valence electrons. The number of esters is 1. The molecule has 0 saturated carbocycles. The third kappa shape index (κ3) is 11.6. The van der Waals surface area contributed by atoms with Crippen molar-refractivity contribution in [3.8, 4) is 5.75 Å². The van der Waals surface area contributed by atoms with Crippen LogP contribution in [0.4, 0.5) is 11.4 Å². The van der Waals surface area contributed by atoms with Crippen molar-refractivity contribution in [2.24, 2.45) is 5.92 Å². The minimum atomic E-state index is -4.95. The second-order valence-corrected chi connectivity index (χ2v) is 18.3. The van der Waals surface area contributed by atoms with Crippen LogP contribution >= 0.6 is 0 Å². The molecule has 3 aromatic rings. The summed E-state index contributed by atoms with van der Waals surface area (Å²) in [5.74, 6) is -5.60. The summed E-state index contributed by atoms with van der Waals surface area (Å²) in [4.78, 5) is 54.4. The van der Waals surface area contributed by atoms with Crippen molar-refractivity contribution in [3.05, 3.63) is 70.1 Å². The molecule has 5 rings (SSSR count). The summed E-state index contributed by atoms with van der Waals surface area (Å²) >= 11 is 0. The van der Waals surface area contributed by atoms with Gasteiger partial charge >= 0.3 is 47.1 Å². The van der Waals surface area contributed by atoms with Crippen molar-refractivity contribution < 1.29 is 88.7 Å². The smallest absolute Gasteiger partial charge is 0.748 e. The second kappa shape index (κ2) is 20.9. The fourth-order valence-corrected chi connectivity index (χ4v) is 8.95. The molecule has 0 amide bonds. The number of carboxylic acids is 1. The zero-order chi connectivity index (χ0) is 43.1. The van der Waals surface area contributed by atoms with Gasteiger partial charge in [0.15, 0.2) is 17.2 Å². The molecule has 2 aliphatic heterocycles. The topological polar surface area (TPSA) is 232 Å². The van der Waals surface area contributed by atoms with Gasteiger partial charge in [0.25, 0.3) is 0 Å². The number of hydrogen-bond donors (Lipinski definition) is 1. The molecular weight excluding hydrogens is 828 g/mol. The Labute approximate surface area is 372 Å². The van der Waals surface area contributed by atoms with Crippen molar-refractivity contribution in [1.82, 2.24) is 0 Å². The summed E-state index contributed by atoms with van der Waals surface area (Å²) in [5, 5.41) is 9.66. The average Bonchev–Trinajstić information content (AvgIpc) is 3.38. The number of aliphatic carboxylic acids is 1. The van der Waals surface area contributed by atoms with Crippen LogP contribution in [0.5, 0.6) is 5.75 Å². The summed E-state index contributed by atoms with van der Waals surface area (Å²) in [6.07, 6.45) is 10.9. The zero-order valence-electron chi connectivity index (χ0n) is 34.6. The van der Waals surface area contributed by atoms with Crippen LogP contribution in [0.15, 0.2) is 62.7 Å². The molecule has 15 nitrogen and oxygen atoms in total. The first-order valence-electron chi connectivity index (χ1n) is 20.1. The van der Waals surface area contributed by atoms with Crippen LogP contribution in [0.25, 0.3) is 11.0 Å². The molecule has 0 radical (unpaired) electrons. The number of nitrogens with zero attached hydrogens (tertiary/aromatic N) is 2. The third-order valence-electron chi connectivity index (χ3n) is 11.0. The van der Waals surface area contributed by atoms with Gasteiger partial charge in [0.1, 0.15) is 33.7 Å². The molecule has 0 aliphatic carbocycles. The van der Waals surface area contributed by atoms with E-state index in [1.165, 1.54) is 18.2 Å². The Hall–Kier alpha value is -3.71. The molecule has 0 bridgehead atoms. The molecule has 60 heavy (non-hydrogen) atoms. The molecule has 0 spiro atoms. The number of benzene rings is 2. The van der Waals surface area contributed by atoms with E-state index in [1.807, 2.05) is 6.07 Å². The van der Waals surface area contributed by atoms with E-state index < -0.39 is 71.1 Å². The van der Waals surface area contributed by atoms with E-state index in [2.05, 4.69) is 18.7 Å². The normalized spacial score (nSPS) is 17.8. The number of allylic oxidation sites excluding steroid dienone is 1. The Morgan fingerprint density at radius 1 is 0.917 bits per heavy atom. The van der Waals surface area contributed by atoms with E-state index in [0.29, 0.717) is 17.0 Å². The number of carbonyl (C=O) groups is 3. The van der Waals surface area contributed by atoms with E-state index >= 15 is 0 Å². The van der Waals surface area contributed by atoms with Gasteiger partial charge in [-0.05, 0) is 56.9 Å². The van der Waals surface area contributed by atoms with Gasteiger partial charge in [-0.15, -0.1) is 0 Å². The minimum Gasteiger partial charge on any atom is -0.748 e. The van der Waals surface area contributed by atoms with Crippen LogP contribution in [0, 0.1) is 5.92 Å². The number of unbranched alkanes of at least 4 members (excludes halogenated alkanes) is 6. The van der Waals surface area contributed by atoms with E-state index in [0.717, 1.165) is 82.3 Å². The van der Waals surface area contributed by atoms with Crippen molar-refractivity contribution in [2.75, 3.05) is 30.3 Å². The zero-order valence-corrected chi connectivity index (χ0v) is 38.2. The Bertz CT molecular complexity index is 2430. The molecule has 0 saturated heterocycles. The molecular formula is C42H51N2NaO13S2. The van der Waals surface area contributed by atoms with Crippen LogP contribution in [0.2, 0.25) is 0 Å². The average molecular weight is 879 g/mol. The van der Waals surface area contributed by atoms with Crippen molar-refractivity contribution in [3.63, 3.8) is 0 Å². The van der Waals surface area contributed by atoms with Gasteiger partial charge in [0.05, 0.1) is 25.8 Å². The fraction of sp³-hybridized carbons (Fsp3) is 0.500. The molecule has 2 aromatic carbocycles. The number of carboxylic acid groups (broad SMARTS) is 1. The maximum Gasteiger partial charge on any atom is 1.00 e. The first-order chi connectivity index (χ1) is 27.9. The predicted molar refractivity (Wildman–Crippen MR) is 218 cm³/mol. The van der Waals surface area contributed by atoms with E-state index in [1.54, 1.807) is 23.6 Å². The largest absolute Gasteiger partial charge is 1.00 e. The fourth-order valence-electron chi connectivity index (χ4n) is 7.97. The second-order valence-electron chi connectivity index (χ2n) is 15.4.